The Hall–Kier alpha value is -1.89. The molecular formula is C26H36O5S. The molecule has 176 valence electrons. The van der Waals surface area contributed by atoms with Gasteiger partial charge >= 0.3 is 5.97 Å². The van der Waals surface area contributed by atoms with E-state index in [1.165, 1.54) is 16.2 Å². The molecule has 1 aromatic carbocycles. The molecule has 0 saturated heterocycles. The standard InChI is InChI=1S/C26H36O5S/c1-16(2)31-26(29)25-9-8-21(32-25)6-5-7-22-18(4)12-24(28)23(22)15-30-20-11-17(3)10-19(13-20)14-27/h8-11,13,16,18,22-24,27-28H,5-7,12,14-15H2,1-4H3/t18-,22?,23-,24-/m1/s1. The molecular weight excluding hydrogens is 424 g/mol. The number of aryl methyl sites for hydroxylation is 2. The molecule has 1 heterocycles. The van der Waals surface area contributed by atoms with Gasteiger partial charge < -0.3 is 19.7 Å². The van der Waals surface area contributed by atoms with Crippen LogP contribution < -0.4 is 4.74 Å². The van der Waals surface area contributed by atoms with Gasteiger partial charge in [-0.05, 0) is 93.7 Å². The van der Waals surface area contributed by atoms with Crippen LogP contribution in [0.4, 0.5) is 0 Å². The van der Waals surface area contributed by atoms with Crippen molar-refractivity contribution in [2.75, 3.05) is 6.61 Å². The topological polar surface area (TPSA) is 76.0 Å². The number of rotatable bonds is 10. The van der Waals surface area contributed by atoms with Crippen LogP contribution in [0.1, 0.15) is 65.7 Å². The van der Waals surface area contributed by atoms with Gasteiger partial charge in [-0.3, -0.25) is 0 Å². The second-order valence-corrected chi connectivity index (χ2v) is 10.5. The molecule has 2 aromatic rings. The molecule has 3 rings (SSSR count). The van der Waals surface area contributed by atoms with Crippen LogP contribution >= 0.6 is 11.3 Å². The quantitative estimate of drug-likeness (QED) is 0.480. The van der Waals surface area contributed by atoms with Gasteiger partial charge in [-0.15, -0.1) is 11.3 Å². The number of aliphatic hydroxyl groups excluding tert-OH is 2. The van der Waals surface area contributed by atoms with Crippen molar-refractivity contribution in [3.63, 3.8) is 0 Å². The van der Waals surface area contributed by atoms with E-state index in [2.05, 4.69) is 6.92 Å². The minimum absolute atomic E-state index is 0.0105. The summed E-state index contributed by atoms with van der Waals surface area (Å²) in [5.41, 5.74) is 1.89. The van der Waals surface area contributed by atoms with E-state index >= 15 is 0 Å². The van der Waals surface area contributed by atoms with Crippen LogP contribution in [0.2, 0.25) is 0 Å². The smallest absolute Gasteiger partial charge is 0.348 e. The third-order valence-corrected chi connectivity index (χ3v) is 7.42. The van der Waals surface area contributed by atoms with Crippen molar-refractivity contribution in [3.05, 3.63) is 51.2 Å². The van der Waals surface area contributed by atoms with Gasteiger partial charge in [0.05, 0.1) is 25.4 Å². The zero-order valence-electron chi connectivity index (χ0n) is 19.5. The fourth-order valence-electron chi connectivity index (χ4n) is 4.77. The van der Waals surface area contributed by atoms with Crippen molar-refractivity contribution in [1.82, 2.24) is 0 Å². The zero-order valence-corrected chi connectivity index (χ0v) is 20.4. The first-order valence-electron chi connectivity index (χ1n) is 11.6. The van der Waals surface area contributed by atoms with E-state index in [9.17, 15) is 15.0 Å². The van der Waals surface area contributed by atoms with Gasteiger partial charge in [-0.1, -0.05) is 13.0 Å². The molecule has 2 N–H and O–H groups in total. The molecule has 1 aliphatic carbocycles. The predicted molar refractivity (Wildman–Crippen MR) is 127 cm³/mol. The summed E-state index contributed by atoms with van der Waals surface area (Å²) >= 11 is 1.51. The van der Waals surface area contributed by atoms with Crippen molar-refractivity contribution in [3.8, 4) is 5.75 Å². The summed E-state index contributed by atoms with van der Waals surface area (Å²) in [7, 11) is 0. The highest BCUT2D eigenvalue weighted by Crippen LogP contribution is 2.40. The second kappa shape index (κ2) is 11.3. The van der Waals surface area contributed by atoms with Crippen LogP contribution in [-0.2, 0) is 17.8 Å². The summed E-state index contributed by atoms with van der Waals surface area (Å²) in [6.07, 6.45) is 3.29. The minimum atomic E-state index is -0.351. The minimum Gasteiger partial charge on any atom is -0.493 e. The van der Waals surface area contributed by atoms with Crippen molar-refractivity contribution < 1.29 is 24.5 Å². The van der Waals surface area contributed by atoms with E-state index in [0.29, 0.717) is 23.3 Å². The lowest BCUT2D eigenvalue weighted by atomic mass is 9.86. The number of ether oxygens (including phenoxy) is 2. The van der Waals surface area contributed by atoms with E-state index in [0.717, 1.165) is 42.6 Å². The second-order valence-electron chi connectivity index (χ2n) is 9.34. The molecule has 32 heavy (non-hydrogen) atoms. The monoisotopic (exact) mass is 460 g/mol. The number of carbonyl (C=O) groups is 1. The maximum Gasteiger partial charge on any atom is 0.348 e. The Balaban J connectivity index is 1.54. The molecule has 1 unspecified atom stereocenters. The predicted octanol–water partition coefficient (Wildman–Crippen LogP) is 5.15. The summed E-state index contributed by atoms with van der Waals surface area (Å²) in [6.45, 7) is 8.38. The largest absolute Gasteiger partial charge is 0.493 e. The van der Waals surface area contributed by atoms with E-state index in [1.54, 1.807) is 0 Å². The third-order valence-electron chi connectivity index (χ3n) is 6.29. The van der Waals surface area contributed by atoms with Crippen molar-refractivity contribution in [1.29, 1.82) is 0 Å². The molecule has 1 fully saturated rings. The number of carbonyl (C=O) groups excluding carboxylic acids is 1. The van der Waals surface area contributed by atoms with Gasteiger partial charge in [0.1, 0.15) is 10.6 Å². The van der Waals surface area contributed by atoms with Gasteiger partial charge in [0, 0.05) is 10.8 Å². The van der Waals surface area contributed by atoms with Gasteiger partial charge in [0.2, 0.25) is 0 Å². The Morgan fingerprint density at radius 2 is 2.00 bits per heavy atom. The Morgan fingerprint density at radius 3 is 2.72 bits per heavy atom. The number of esters is 1. The Bertz CT molecular complexity index is 890. The number of benzene rings is 1. The summed E-state index contributed by atoms with van der Waals surface area (Å²) in [5.74, 6) is 1.45. The molecule has 1 saturated carbocycles. The molecule has 5 nitrogen and oxygen atoms in total. The molecule has 0 radical (unpaired) electrons. The van der Waals surface area contributed by atoms with Crippen molar-refractivity contribution in [2.45, 2.75) is 72.2 Å². The van der Waals surface area contributed by atoms with E-state index in [1.807, 2.05) is 51.1 Å². The number of hydrogen-bond acceptors (Lipinski definition) is 6. The molecule has 1 aromatic heterocycles. The van der Waals surface area contributed by atoms with Crippen molar-refractivity contribution in [2.24, 2.45) is 17.8 Å². The van der Waals surface area contributed by atoms with E-state index in [-0.39, 0.29) is 30.7 Å². The van der Waals surface area contributed by atoms with Crippen LogP contribution in [-0.4, -0.2) is 35.0 Å². The first kappa shape index (κ1) is 24.7. The molecule has 4 atom stereocenters. The third kappa shape index (κ3) is 6.56. The first-order chi connectivity index (χ1) is 15.3. The van der Waals surface area contributed by atoms with Crippen LogP contribution in [0.3, 0.4) is 0 Å². The highest BCUT2D eigenvalue weighted by molar-refractivity contribution is 7.13. The molecule has 0 spiro atoms. The molecule has 0 aliphatic heterocycles. The SMILES string of the molecule is Cc1cc(CO)cc(OC[C@@H]2C(CCCc3ccc(C(=O)OC(C)C)s3)[C@H](C)C[C@H]2O)c1. The van der Waals surface area contributed by atoms with Gasteiger partial charge in [0.25, 0.3) is 0 Å². The molecule has 6 heteroatoms. The van der Waals surface area contributed by atoms with E-state index in [4.69, 9.17) is 9.47 Å². The average Bonchev–Trinajstić information content (AvgIpc) is 3.30. The van der Waals surface area contributed by atoms with Gasteiger partial charge in [0.15, 0.2) is 0 Å². The highest BCUT2D eigenvalue weighted by atomic mass is 32.1. The maximum atomic E-state index is 12.1. The van der Waals surface area contributed by atoms with Gasteiger partial charge in [-0.25, -0.2) is 4.79 Å². The average molecular weight is 461 g/mol. The van der Waals surface area contributed by atoms with E-state index < -0.39 is 0 Å². The summed E-state index contributed by atoms with van der Waals surface area (Å²) in [4.78, 5) is 13.9. The summed E-state index contributed by atoms with van der Waals surface area (Å²) in [6, 6.07) is 9.65. The Morgan fingerprint density at radius 1 is 1.22 bits per heavy atom. The lowest BCUT2D eigenvalue weighted by Gasteiger charge is -2.24. The summed E-state index contributed by atoms with van der Waals surface area (Å²) in [5, 5.41) is 20.1. The molecule has 0 bridgehead atoms. The van der Waals surface area contributed by atoms with Crippen LogP contribution in [0.15, 0.2) is 30.3 Å². The Kier molecular flexibility index (Phi) is 8.74. The lowest BCUT2D eigenvalue weighted by Crippen LogP contribution is -2.27. The van der Waals surface area contributed by atoms with Crippen LogP contribution in [0.5, 0.6) is 5.75 Å². The first-order valence-corrected chi connectivity index (χ1v) is 12.4. The van der Waals surface area contributed by atoms with Crippen molar-refractivity contribution >= 4 is 17.3 Å². The number of thiophene rings is 1. The normalized spacial score (nSPS) is 23.0. The fourth-order valence-corrected chi connectivity index (χ4v) is 5.70. The molecule has 0 amide bonds. The van der Waals surface area contributed by atoms with Crippen LogP contribution in [0.25, 0.3) is 0 Å². The number of aliphatic hydroxyl groups is 2. The van der Waals surface area contributed by atoms with Crippen LogP contribution in [0, 0.1) is 24.7 Å². The zero-order chi connectivity index (χ0) is 23.3. The Labute approximate surface area is 195 Å². The summed E-state index contributed by atoms with van der Waals surface area (Å²) < 4.78 is 11.3. The number of hydrogen-bond donors (Lipinski definition) is 2. The fraction of sp³-hybridized carbons (Fsp3) is 0.577. The highest BCUT2D eigenvalue weighted by Gasteiger charge is 2.40. The molecule has 1 aliphatic rings. The maximum absolute atomic E-state index is 12.1. The van der Waals surface area contributed by atoms with Gasteiger partial charge in [-0.2, -0.15) is 0 Å². The lowest BCUT2D eigenvalue weighted by molar-refractivity contribution is 0.0383.